The zero-order valence-electron chi connectivity index (χ0n) is 26.2. The molecule has 0 saturated heterocycles. The minimum atomic E-state index is -0.830. The molecule has 47 heavy (non-hydrogen) atoms. The molecular weight excluding hydrogens is 680 g/mol. The van der Waals surface area contributed by atoms with Gasteiger partial charge in [-0.05, 0) is 68.3 Å². The number of rotatable bonds is 9. The van der Waals surface area contributed by atoms with E-state index in [9.17, 15) is 14.9 Å². The number of fused-ring (bicyclic) bond motifs is 2. The van der Waals surface area contributed by atoms with Gasteiger partial charge in [-0.3, -0.25) is 9.36 Å². The Hall–Kier alpha value is -4.92. The monoisotopic (exact) mass is 710 g/mol. The molecule has 0 bridgehead atoms. The van der Waals surface area contributed by atoms with E-state index < -0.39 is 12.0 Å². The maximum atomic E-state index is 14.4. The summed E-state index contributed by atoms with van der Waals surface area (Å²) in [5.41, 5.74) is 4.65. The smallest absolute Gasteiger partial charge is 0.338 e. The lowest BCUT2D eigenvalue weighted by Gasteiger charge is -2.26. The third-order valence-corrected chi connectivity index (χ3v) is 9.61. The number of thiazole rings is 1. The molecule has 0 aliphatic carbocycles. The van der Waals surface area contributed by atoms with Crippen LogP contribution in [0.1, 0.15) is 49.1 Å². The number of aromatic nitrogens is 2. The molecule has 0 N–H and O–H groups in total. The molecule has 1 aliphatic rings. The van der Waals surface area contributed by atoms with Crippen LogP contribution in [0.15, 0.2) is 92.4 Å². The van der Waals surface area contributed by atoms with E-state index in [2.05, 4.69) is 26.6 Å². The number of methoxy groups -OCH3 is 1. The SMILES string of the molecule is CCOC(=O)C1=C(C)N=c2s/c(=C/c3cn(Cc4ccc(C#N)cc4)c4ccccc34)c(=O)n2[C@H]1c1cc(OC)c(OCC)cc1Br. The Labute approximate surface area is 283 Å². The summed E-state index contributed by atoms with van der Waals surface area (Å²) in [6, 6.07) is 20.4. The van der Waals surface area contributed by atoms with Gasteiger partial charge in [0.15, 0.2) is 16.3 Å². The third-order valence-electron chi connectivity index (χ3n) is 7.94. The van der Waals surface area contributed by atoms with Gasteiger partial charge in [0.2, 0.25) is 0 Å². The summed E-state index contributed by atoms with van der Waals surface area (Å²) in [5.74, 6) is 0.465. The number of nitrogens with zero attached hydrogens (tertiary/aromatic N) is 4. The van der Waals surface area contributed by atoms with Crippen molar-refractivity contribution in [2.24, 2.45) is 4.99 Å². The molecule has 0 spiro atoms. The first-order valence-electron chi connectivity index (χ1n) is 15.0. The summed E-state index contributed by atoms with van der Waals surface area (Å²) >= 11 is 4.94. The normalized spacial score (nSPS) is 14.5. The standard InChI is InChI=1S/C36H31BrN4O5S/c1-5-45-30-17-27(37)26(16-29(30)44-4)33-32(35(43)46-6-2)21(3)39-36-41(33)34(42)31(47-36)15-24-20-40(28-10-8-7-9-25(24)28)19-23-13-11-22(18-38)12-14-23/h7-17,20,33H,5-6,19H2,1-4H3/b31-15+/t33-/m0/s1. The van der Waals surface area contributed by atoms with Crippen LogP contribution >= 0.6 is 27.3 Å². The molecule has 0 unspecified atom stereocenters. The van der Waals surface area contributed by atoms with Crippen LogP contribution in [0.3, 0.4) is 0 Å². The van der Waals surface area contributed by atoms with Gasteiger partial charge in [0.1, 0.15) is 0 Å². The van der Waals surface area contributed by atoms with E-state index in [1.807, 2.05) is 67.7 Å². The van der Waals surface area contributed by atoms with Gasteiger partial charge in [0, 0.05) is 33.7 Å². The molecule has 238 valence electrons. The van der Waals surface area contributed by atoms with Gasteiger partial charge in [-0.1, -0.05) is 57.6 Å². The Morgan fingerprint density at radius 1 is 1.11 bits per heavy atom. The highest BCUT2D eigenvalue weighted by Crippen LogP contribution is 2.41. The molecule has 6 rings (SSSR count). The van der Waals surface area contributed by atoms with Crippen molar-refractivity contribution in [1.29, 1.82) is 5.26 Å². The van der Waals surface area contributed by atoms with Crippen molar-refractivity contribution < 1.29 is 19.0 Å². The number of carbonyl (C=O) groups is 1. The summed E-state index contributed by atoms with van der Waals surface area (Å²) < 4.78 is 21.7. The molecular formula is C36H31BrN4O5S. The molecule has 2 aromatic heterocycles. The summed E-state index contributed by atoms with van der Waals surface area (Å²) in [6.07, 6.45) is 3.91. The van der Waals surface area contributed by atoms with Crippen molar-refractivity contribution in [3.8, 4) is 17.6 Å². The first-order valence-corrected chi connectivity index (χ1v) is 16.7. The number of nitriles is 1. The number of hydrogen-bond donors (Lipinski definition) is 0. The van der Waals surface area contributed by atoms with Crippen molar-refractivity contribution in [1.82, 2.24) is 9.13 Å². The van der Waals surface area contributed by atoms with Crippen LogP contribution < -0.4 is 24.4 Å². The van der Waals surface area contributed by atoms with Gasteiger partial charge in [0.05, 0.1) is 53.8 Å². The number of halogens is 1. The second kappa shape index (κ2) is 13.4. The Kier molecular flexibility index (Phi) is 9.16. The van der Waals surface area contributed by atoms with Crippen LogP contribution in [-0.2, 0) is 16.1 Å². The number of allylic oxidation sites excluding steroid dienone is 1. The average Bonchev–Trinajstić information content (AvgIpc) is 3.57. The van der Waals surface area contributed by atoms with Gasteiger partial charge in [-0.25, -0.2) is 9.79 Å². The van der Waals surface area contributed by atoms with Crippen LogP contribution in [0.5, 0.6) is 11.5 Å². The maximum absolute atomic E-state index is 14.4. The molecule has 9 nitrogen and oxygen atoms in total. The van der Waals surface area contributed by atoms with Crippen molar-refractivity contribution >= 4 is 50.2 Å². The summed E-state index contributed by atoms with van der Waals surface area (Å²) in [7, 11) is 1.55. The molecule has 1 atom stereocenters. The maximum Gasteiger partial charge on any atom is 0.338 e. The van der Waals surface area contributed by atoms with Crippen molar-refractivity contribution in [3.05, 3.63) is 125 Å². The number of carbonyl (C=O) groups excluding carboxylic acids is 1. The zero-order valence-corrected chi connectivity index (χ0v) is 28.6. The lowest BCUT2D eigenvalue weighted by atomic mass is 9.95. The van der Waals surface area contributed by atoms with Crippen LogP contribution in [0, 0.1) is 11.3 Å². The molecule has 0 radical (unpaired) electrons. The third kappa shape index (κ3) is 6.02. The van der Waals surface area contributed by atoms with Gasteiger partial charge in [-0.15, -0.1) is 0 Å². The Balaban J connectivity index is 1.52. The number of benzene rings is 3. The Morgan fingerprint density at radius 2 is 1.87 bits per heavy atom. The van der Waals surface area contributed by atoms with Crippen molar-refractivity contribution in [3.63, 3.8) is 0 Å². The van der Waals surface area contributed by atoms with E-state index in [-0.39, 0.29) is 17.7 Å². The molecule has 3 aromatic carbocycles. The van der Waals surface area contributed by atoms with E-state index in [0.717, 1.165) is 22.0 Å². The molecule has 0 fully saturated rings. The molecule has 3 heterocycles. The van der Waals surface area contributed by atoms with Crippen molar-refractivity contribution in [2.75, 3.05) is 20.3 Å². The fourth-order valence-corrected chi connectivity index (χ4v) is 7.39. The molecule has 5 aromatic rings. The second-order valence-electron chi connectivity index (χ2n) is 10.8. The highest BCUT2D eigenvalue weighted by atomic mass is 79.9. The van der Waals surface area contributed by atoms with E-state index >= 15 is 0 Å². The fraction of sp³-hybridized carbons (Fsp3) is 0.222. The number of esters is 1. The average molecular weight is 712 g/mol. The first-order chi connectivity index (χ1) is 22.8. The van der Waals surface area contributed by atoms with Crippen LogP contribution in [0.25, 0.3) is 17.0 Å². The quantitative estimate of drug-likeness (QED) is 0.178. The number of hydrogen-bond acceptors (Lipinski definition) is 8. The van der Waals surface area contributed by atoms with Gasteiger partial charge in [-0.2, -0.15) is 5.26 Å². The van der Waals surface area contributed by atoms with Crippen LogP contribution in [0.2, 0.25) is 0 Å². The minimum Gasteiger partial charge on any atom is -0.493 e. The van der Waals surface area contributed by atoms with Gasteiger partial charge < -0.3 is 18.8 Å². The lowest BCUT2D eigenvalue weighted by molar-refractivity contribution is -0.139. The summed E-state index contributed by atoms with van der Waals surface area (Å²) in [5, 5.41) is 10.2. The second-order valence-corrected chi connectivity index (χ2v) is 12.7. The Bertz CT molecular complexity index is 2280. The minimum absolute atomic E-state index is 0.174. The van der Waals surface area contributed by atoms with E-state index in [4.69, 9.17) is 19.2 Å². The highest BCUT2D eigenvalue weighted by molar-refractivity contribution is 9.10. The summed E-state index contributed by atoms with van der Waals surface area (Å²) in [4.78, 5) is 33.0. The highest BCUT2D eigenvalue weighted by Gasteiger charge is 2.35. The van der Waals surface area contributed by atoms with Gasteiger partial charge in [0.25, 0.3) is 5.56 Å². The Morgan fingerprint density at radius 3 is 2.57 bits per heavy atom. The number of ether oxygens (including phenoxy) is 3. The first kappa shape index (κ1) is 32.0. The summed E-state index contributed by atoms with van der Waals surface area (Å²) in [6.45, 7) is 6.59. The molecule has 1 aliphatic heterocycles. The van der Waals surface area contributed by atoms with E-state index in [1.165, 1.54) is 11.3 Å². The number of para-hydroxylation sites is 1. The predicted octanol–water partition coefficient (Wildman–Crippen LogP) is 5.84. The topological polar surface area (TPSA) is 108 Å². The van der Waals surface area contributed by atoms with Crippen LogP contribution in [0.4, 0.5) is 0 Å². The molecule has 11 heteroatoms. The van der Waals surface area contributed by atoms with Gasteiger partial charge >= 0.3 is 5.97 Å². The largest absolute Gasteiger partial charge is 0.493 e. The van der Waals surface area contributed by atoms with Crippen molar-refractivity contribution in [2.45, 2.75) is 33.4 Å². The zero-order chi connectivity index (χ0) is 33.2. The fourth-order valence-electron chi connectivity index (χ4n) is 5.82. The van der Waals surface area contributed by atoms with Crippen LogP contribution in [-0.4, -0.2) is 35.4 Å². The molecule has 0 amide bonds. The van der Waals surface area contributed by atoms with E-state index in [0.29, 0.717) is 55.3 Å². The molecule has 0 saturated carbocycles. The van der Waals surface area contributed by atoms with E-state index in [1.54, 1.807) is 37.7 Å². The lowest BCUT2D eigenvalue weighted by Crippen LogP contribution is -2.40. The predicted molar refractivity (Wildman–Crippen MR) is 184 cm³/mol.